The molecule has 0 aliphatic rings. The van der Waals surface area contributed by atoms with Gasteiger partial charge in [-0.1, -0.05) is 0 Å². The third kappa shape index (κ3) is 20.9. The number of hydrogen-bond donors (Lipinski definition) is 2. The molecule has 0 aromatic carbocycles. The van der Waals surface area contributed by atoms with E-state index in [1.807, 2.05) is 0 Å². The van der Waals surface area contributed by atoms with Gasteiger partial charge in [0.15, 0.2) is 0 Å². The molecule has 0 spiro atoms. The van der Waals surface area contributed by atoms with Crippen LogP contribution < -0.4 is 0 Å². The molecule has 0 aromatic heterocycles. The summed E-state index contributed by atoms with van der Waals surface area (Å²) in [5.41, 5.74) is 0. The van der Waals surface area contributed by atoms with Gasteiger partial charge in [-0.25, -0.2) is 0 Å². The number of carbonyl (C=O) groups is 2. The van der Waals surface area contributed by atoms with Crippen molar-refractivity contribution in [3.8, 4) is 0 Å². The van der Waals surface area contributed by atoms with Gasteiger partial charge in [0, 0.05) is 0 Å². The fraction of sp³-hybridized carbons (Fsp3) is 0.833. The zero-order valence-corrected chi connectivity index (χ0v) is 16.3. The summed E-state index contributed by atoms with van der Waals surface area (Å²) >= 11 is 7.80. The number of ether oxygens (including phenoxy) is 2. The molecule has 19 heavy (non-hydrogen) atoms. The van der Waals surface area contributed by atoms with E-state index in [1.54, 1.807) is 0 Å². The zero-order chi connectivity index (χ0) is 14.9. The van der Waals surface area contributed by atoms with Gasteiger partial charge in [-0.2, -0.15) is 25.3 Å². The topological polar surface area (TPSA) is 52.6 Å². The van der Waals surface area contributed by atoms with Crippen LogP contribution in [0.1, 0.15) is 25.7 Å². The van der Waals surface area contributed by atoms with E-state index in [4.69, 9.17) is 9.47 Å². The molecule has 0 bridgehead atoms. The molecule has 0 rings (SSSR count). The summed E-state index contributed by atoms with van der Waals surface area (Å²) in [7, 11) is 0. The van der Waals surface area contributed by atoms with Crippen molar-refractivity contribution < 1.29 is 19.1 Å². The van der Waals surface area contributed by atoms with E-state index < -0.39 is 0 Å². The number of thiol groups is 2. The van der Waals surface area contributed by atoms with Crippen LogP contribution in [0.15, 0.2) is 0 Å². The standard InChI is InChI=1S/C10H18O4S2.2CH3.Sn/c11-9(7-15)13-5-3-1-2-4-6-14-10(12)8-16;;;/h15-16H,1-8H2;2*1H3;. The molecule has 0 unspecified atom stereocenters. The first-order valence-corrected chi connectivity index (χ1v) is 13.2. The summed E-state index contributed by atoms with van der Waals surface area (Å²) in [5, 5.41) is 0. The summed E-state index contributed by atoms with van der Waals surface area (Å²) in [6.45, 7) is 0.881. The van der Waals surface area contributed by atoms with Crippen molar-refractivity contribution in [2.24, 2.45) is 0 Å². The quantitative estimate of drug-likeness (QED) is 0.263. The van der Waals surface area contributed by atoms with E-state index in [-0.39, 0.29) is 44.6 Å². The molecule has 0 aliphatic heterocycles. The molecule has 0 aromatic rings. The van der Waals surface area contributed by atoms with Crippen molar-refractivity contribution in [1.29, 1.82) is 0 Å². The Bertz CT molecular complexity index is 206. The molecule has 0 amide bonds. The maximum absolute atomic E-state index is 10.7. The first kappa shape index (κ1) is 21.7. The van der Waals surface area contributed by atoms with E-state index in [1.165, 1.54) is 0 Å². The Balaban J connectivity index is 0. The second-order valence-corrected chi connectivity index (χ2v) is 7.16. The van der Waals surface area contributed by atoms with Crippen molar-refractivity contribution in [2.45, 2.75) is 35.6 Å². The van der Waals surface area contributed by atoms with E-state index in [0.717, 1.165) is 25.7 Å². The van der Waals surface area contributed by atoms with E-state index in [0.29, 0.717) is 13.2 Å². The Morgan fingerprint density at radius 2 is 1.16 bits per heavy atom. The third-order valence-corrected chi connectivity index (χ3v) is 2.34. The van der Waals surface area contributed by atoms with E-state index in [9.17, 15) is 9.59 Å². The number of unbranched alkanes of at least 4 members (excludes halogenated alkanes) is 3. The second kappa shape index (κ2) is 18.4. The predicted octanol–water partition coefficient (Wildman–Crippen LogP) is 2.28. The van der Waals surface area contributed by atoms with Crippen LogP contribution in [0.2, 0.25) is 9.88 Å². The van der Waals surface area contributed by atoms with Crippen LogP contribution in [0.3, 0.4) is 0 Å². The third-order valence-electron chi connectivity index (χ3n) is 1.82. The summed E-state index contributed by atoms with van der Waals surface area (Å²) in [6.07, 6.45) is 3.58. The Labute approximate surface area is 137 Å². The van der Waals surface area contributed by atoms with Gasteiger partial charge in [0.2, 0.25) is 0 Å². The van der Waals surface area contributed by atoms with Crippen molar-refractivity contribution in [3.05, 3.63) is 0 Å². The van der Waals surface area contributed by atoms with Gasteiger partial charge in [-0.3, -0.25) is 9.59 Å². The van der Waals surface area contributed by atoms with Crippen molar-refractivity contribution in [3.63, 3.8) is 0 Å². The normalized spacial score (nSPS) is 9.26. The van der Waals surface area contributed by atoms with E-state index >= 15 is 0 Å². The van der Waals surface area contributed by atoms with Crippen LogP contribution >= 0.6 is 25.3 Å². The van der Waals surface area contributed by atoms with Gasteiger partial charge < -0.3 is 9.47 Å². The van der Waals surface area contributed by atoms with Crippen LogP contribution in [0, 0.1) is 0 Å². The fourth-order valence-corrected chi connectivity index (χ4v) is 1.20. The Morgan fingerprint density at radius 1 is 0.842 bits per heavy atom. The number of carbonyl (C=O) groups excluding carboxylic acids is 2. The average molecular weight is 415 g/mol. The molecule has 0 N–H and O–H groups in total. The SMILES string of the molecule is O=C(CS)OCCCCCCOC(=O)CS.[CH3][Sn][CH3]. The minimum absolute atomic E-state index is 0.125. The molecule has 112 valence electrons. The summed E-state index contributed by atoms with van der Waals surface area (Å²) in [5.74, 6) is -0.323. The number of hydrogen-bond acceptors (Lipinski definition) is 6. The van der Waals surface area contributed by atoms with Crippen molar-refractivity contribution >= 4 is 58.3 Å². The van der Waals surface area contributed by atoms with Gasteiger partial charge in [0.25, 0.3) is 0 Å². The van der Waals surface area contributed by atoms with Gasteiger partial charge in [-0.15, -0.1) is 0 Å². The van der Waals surface area contributed by atoms with Crippen molar-refractivity contribution in [1.82, 2.24) is 0 Å². The summed E-state index contributed by atoms with van der Waals surface area (Å²) in [6, 6.07) is 0. The Hall–Kier alpha value is 0.439. The Morgan fingerprint density at radius 3 is 1.42 bits per heavy atom. The van der Waals surface area contributed by atoms with Crippen LogP contribution in [-0.4, -0.2) is 57.8 Å². The second-order valence-electron chi connectivity index (χ2n) is 3.67. The maximum atomic E-state index is 10.7. The number of rotatable bonds is 9. The van der Waals surface area contributed by atoms with Crippen LogP contribution in [0.25, 0.3) is 0 Å². The molecule has 0 aliphatic carbocycles. The fourth-order valence-electron chi connectivity index (χ4n) is 1.02. The molecular weight excluding hydrogens is 391 g/mol. The van der Waals surface area contributed by atoms with Crippen LogP contribution in [0.4, 0.5) is 0 Å². The average Bonchev–Trinajstić information content (AvgIpc) is 2.41. The van der Waals surface area contributed by atoms with E-state index in [2.05, 4.69) is 35.1 Å². The first-order valence-electron chi connectivity index (χ1n) is 6.23. The molecule has 0 atom stereocenters. The summed E-state index contributed by atoms with van der Waals surface area (Å²) < 4.78 is 9.69. The molecular formula is C12H24O4S2Sn. The molecule has 0 fully saturated rings. The molecule has 0 saturated carbocycles. The van der Waals surface area contributed by atoms with Crippen molar-refractivity contribution in [2.75, 3.05) is 24.7 Å². The molecule has 2 radical (unpaired) electrons. The van der Waals surface area contributed by atoms with Gasteiger partial charge in [0.05, 0.1) is 24.7 Å². The van der Waals surface area contributed by atoms with Gasteiger partial charge in [-0.05, 0) is 25.7 Å². The monoisotopic (exact) mass is 416 g/mol. The molecule has 0 heterocycles. The summed E-state index contributed by atoms with van der Waals surface area (Å²) in [4.78, 5) is 26.0. The van der Waals surface area contributed by atoms with Crippen LogP contribution in [0.5, 0.6) is 0 Å². The van der Waals surface area contributed by atoms with Gasteiger partial charge in [0.1, 0.15) is 0 Å². The molecule has 4 nitrogen and oxygen atoms in total. The molecule has 0 saturated heterocycles. The molecule has 7 heteroatoms. The number of esters is 2. The minimum atomic E-state index is -0.286. The predicted molar refractivity (Wildman–Crippen MR) is 85.6 cm³/mol. The van der Waals surface area contributed by atoms with Gasteiger partial charge >= 0.3 is 43.0 Å². The first-order chi connectivity index (χ1) is 9.12. The van der Waals surface area contributed by atoms with Crippen LogP contribution in [-0.2, 0) is 19.1 Å². The zero-order valence-electron chi connectivity index (χ0n) is 11.7. The Kier molecular flexibility index (Phi) is 21.1.